The van der Waals surface area contributed by atoms with Gasteiger partial charge < -0.3 is 5.32 Å². The van der Waals surface area contributed by atoms with Gasteiger partial charge in [-0.15, -0.1) is 0 Å². The summed E-state index contributed by atoms with van der Waals surface area (Å²) >= 11 is 4.54. The Morgan fingerprint density at radius 3 is 2.24 bits per heavy atom. The number of hydrogen-bond acceptors (Lipinski definition) is 4. The fourth-order valence-corrected chi connectivity index (χ4v) is 2.71. The zero-order valence-electron chi connectivity index (χ0n) is 17.1. The first-order valence-corrected chi connectivity index (χ1v) is 10.0. The molecule has 1 heterocycles. The maximum absolute atomic E-state index is 12.3. The lowest BCUT2D eigenvalue weighted by molar-refractivity contribution is -0.139. The third-order valence-electron chi connectivity index (χ3n) is 4.27. The van der Waals surface area contributed by atoms with Gasteiger partial charge in [-0.05, 0) is 26.2 Å². The van der Waals surface area contributed by atoms with Gasteiger partial charge >= 0.3 is 0 Å². The summed E-state index contributed by atoms with van der Waals surface area (Å²) < 4.78 is -0.430. The molecule has 1 N–H and O–H groups in total. The van der Waals surface area contributed by atoms with E-state index in [1.165, 1.54) is 4.90 Å². The van der Waals surface area contributed by atoms with E-state index in [0.717, 1.165) is 25.7 Å². The number of hydrogen-bond donors (Lipinski definition) is 2. The summed E-state index contributed by atoms with van der Waals surface area (Å²) in [7, 11) is 1.62. The third kappa shape index (κ3) is 8.75. The molecule has 2 atom stereocenters. The monoisotopic (exact) mass is 374 g/mol. The first-order chi connectivity index (χ1) is 11.8. The van der Waals surface area contributed by atoms with Crippen molar-refractivity contribution in [3.63, 3.8) is 0 Å². The van der Waals surface area contributed by atoms with E-state index in [2.05, 4.69) is 17.9 Å². The van der Waals surface area contributed by atoms with Crippen LogP contribution in [0.1, 0.15) is 80.1 Å². The van der Waals surface area contributed by atoms with Gasteiger partial charge in [0.05, 0.1) is 5.92 Å². The predicted octanol–water partition coefficient (Wildman–Crippen LogP) is 3.82. The number of carbonyl (C=O) groups excluding carboxylic acids is 3. The summed E-state index contributed by atoms with van der Waals surface area (Å²) in [5.41, 5.74) is 0. The topological polar surface area (TPSA) is 66.5 Å². The molecule has 0 radical (unpaired) electrons. The Kier molecular flexibility index (Phi) is 14.8. The molecular formula is C19H38N2O3S. The molecule has 25 heavy (non-hydrogen) atoms. The fourth-order valence-electron chi connectivity index (χ4n) is 2.51. The second-order valence-corrected chi connectivity index (χ2v) is 6.86. The molecule has 3 amide bonds. The Bertz CT molecular complexity index is 411. The number of imide groups is 1. The van der Waals surface area contributed by atoms with Crippen LogP contribution in [0.15, 0.2) is 0 Å². The molecule has 148 valence electrons. The van der Waals surface area contributed by atoms with E-state index in [1.54, 1.807) is 7.05 Å². The van der Waals surface area contributed by atoms with Crippen molar-refractivity contribution in [1.29, 1.82) is 0 Å². The molecular weight excluding hydrogens is 336 g/mol. The maximum atomic E-state index is 12.3. The van der Waals surface area contributed by atoms with Crippen LogP contribution in [0.5, 0.6) is 0 Å². The number of likely N-dealkylation sites (tertiary alicyclic amines) is 1. The van der Waals surface area contributed by atoms with Crippen LogP contribution in [0.4, 0.5) is 0 Å². The second-order valence-electron chi connectivity index (χ2n) is 5.83. The molecule has 1 aliphatic rings. The van der Waals surface area contributed by atoms with Crippen LogP contribution in [-0.2, 0) is 14.4 Å². The predicted molar refractivity (Wildman–Crippen MR) is 108 cm³/mol. The van der Waals surface area contributed by atoms with Gasteiger partial charge in [-0.2, -0.15) is 12.6 Å². The highest BCUT2D eigenvalue weighted by Gasteiger charge is 2.46. The van der Waals surface area contributed by atoms with Crippen LogP contribution in [0.25, 0.3) is 0 Å². The third-order valence-corrected chi connectivity index (χ3v) is 4.90. The lowest BCUT2D eigenvalue weighted by Gasteiger charge is -2.27. The van der Waals surface area contributed by atoms with Gasteiger partial charge in [-0.3, -0.25) is 19.3 Å². The minimum Gasteiger partial charge on any atom is -0.359 e. The van der Waals surface area contributed by atoms with Crippen molar-refractivity contribution in [2.45, 2.75) is 84.8 Å². The van der Waals surface area contributed by atoms with Crippen molar-refractivity contribution in [1.82, 2.24) is 10.2 Å². The molecule has 1 fully saturated rings. The van der Waals surface area contributed by atoms with Gasteiger partial charge in [0.25, 0.3) is 0 Å². The summed E-state index contributed by atoms with van der Waals surface area (Å²) in [6.45, 7) is 12.3. The standard InChI is InChI=1S/C15H26N2O3S.2C2H6/c1-4-15(2,21)11-10-13(19)17(14(11)20)9-7-5-6-8-12(18)16-3;2*1-2/h11,21H,4-10H2,1-3H3,(H,16,18);2*1-2H3. The van der Waals surface area contributed by atoms with Crippen LogP contribution in [0.2, 0.25) is 0 Å². The first kappa shape index (κ1) is 26.2. The molecule has 1 rings (SSSR count). The fraction of sp³-hybridized carbons (Fsp3) is 0.842. The minimum atomic E-state index is -0.430. The number of nitrogens with one attached hydrogen (secondary N) is 1. The molecule has 0 aliphatic carbocycles. The van der Waals surface area contributed by atoms with E-state index < -0.39 is 4.75 Å². The van der Waals surface area contributed by atoms with E-state index in [0.29, 0.717) is 13.0 Å². The molecule has 1 aliphatic heterocycles. The van der Waals surface area contributed by atoms with E-state index >= 15 is 0 Å². The summed E-state index contributed by atoms with van der Waals surface area (Å²) in [6, 6.07) is 0. The van der Waals surface area contributed by atoms with Gasteiger partial charge in [0.1, 0.15) is 0 Å². The summed E-state index contributed by atoms with van der Waals surface area (Å²) in [5.74, 6) is -0.475. The number of unbranched alkanes of at least 4 members (excludes halogenated alkanes) is 2. The average molecular weight is 375 g/mol. The van der Waals surface area contributed by atoms with Crippen LogP contribution in [0.3, 0.4) is 0 Å². The van der Waals surface area contributed by atoms with E-state index in [4.69, 9.17) is 0 Å². The van der Waals surface area contributed by atoms with Crippen LogP contribution < -0.4 is 5.32 Å². The van der Waals surface area contributed by atoms with Crippen molar-refractivity contribution in [3.05, 3.63) is 0 Å². The number of carbonyl (C=O) groups is 3. The number of thiol groups is 1. The lowest BCUT2D eigenvalue weighted by atomic mass is 9.89. The quantitative estimate of drug-likeness (QED) is 0.386. The van der Waals surface area contributed by atoms with Gasteiger partial charge in [0.15, 0.2) is 0 Å². The highest BCUT2D eigenvalue weighted by molar-refractivity contribution is 7.81. The summed E-state index contributed by atoms with van der Waals surface area (Å²) in [4.78, 5) is 36.8. The molecule has 0 aromatic rings. The van der Waals surface area contributed by atoms with Crippen molar-refractivity contribution in [2.75, 3.05) is 13.6 Å². The molecule has 0 aromatic heterocycles. The zero-order chi connectivity index (χ0) is 20.0. The highest BCUT2D eigenvalue weighted by Crippen LogP contribution is 2.36. The van der Waals surface area contributed by atoms with Gasteiger partial charge in [-0.25, -0.2) is 0 Å². The van der Waals surface area contributed by atoms with Crippen molar-refractivity contribution in [3.8, 4) is 0 Å². The lowest BCUT2D eigenvalue weighted by Crippen LogP contribution is -2.37. The van der Waals surface area contributed by atoms with Crippen molar-refractivity contribution >= 4 is 30.4 Å². The van der Waals surface area contributed by atoms with E-state index in [-0.39, 0.29) is 30.1 Å². The van der Waals surface area contributed by atoms with Crippen LogP contribution >= 0.6 is 12.6 Å². The molecule has 6 heteroatoms. The minimum absolute atomic E-state index is 0.0252. The van der Waals surface area contributed by atoms with E-state index in [1.807, 2.05) is 41.5 Å². The number of amides is 3. The average Bonchev–Trinajstić information content (AvgIpc) is 2.93. The van der Waals surface area contributed by atoms with Crippen molar-refractivity contribution in [2.24, 2.45) is 5.92 Å². The first-order valence-electron chi connectivity index (χ1n) is 9.60. The van der Waals surface area contributed by atoms with Crippen LogP contribution in [0, 0.1) is 5.92 Å². The molecule has 0 saturated carbocycles. The number of rotatable bonds is 8. The maximum Gasteiger partial charge on any atom is 0.234 e. The van der Waals surface area contributed by atoms with Crippen molar-refractivity contribution < 1.29 is 14.4 Å². The largest absolute Gasteiger partial charge is 0.359 e. The highest BCUT2D eigenvalue weighted by atomic mass is 32.1. The SMILES string of the molecule is CC.CC.CCC(C)(S)C1CC(=O)N(CCCCCC(=O)NC)C1=O. The van der Waals surface area contributed by atoms with E-state index in [9.17, 15) is 14.4 Å². The molecule has 0 spiro atoms. The van der Waals surface area contributed by atoms with Gasteiger partial charge in [0, 0.05) is 31.2 Å². The normalized spacial score (nSPS) is 18.6. The van der Waals surface area contributed by atoms with Gasteiger partial charge in [0.2, 0.25) is 17.7 Å². The summed E-state index contributed by atoms with van der Waals surface area (Å²) in [5, 5.41) is 2.57. The summed E-state index contributed by atoms with van der Waals surface area (Å²) in [6.07, 6.45) is 3.87. The molecule has 0 bridgehead atoms. The molecule has 2 unspecified atom stereocenters. The zero-order valence-corrected chi connectivity index (χ0v) is 18.0. The molecule has 1 saturated heterocycles. The van der Waals surface area contributed by atoms with Crippen LogP contribution in [-0.4, -0.2) is 41.0 Å². The Labute approximate surface area is 159 Å². The Morgan fingerprint density at radius 2 is 1.76 bits per heavy atom. The number of nitrogens with zero attached hydrogens (tertiary/aromatic N) is 1. The smallest absolute Gasteiger partial charge is 0.234 e. The Balaban J connectivity index is 0. The molecule has 0 aromatic carbocycles. The van der Waals surface area contributed by atoms with Gasteiger partial charge in [-0.1, -0.05) is 41.0 Å². The second kappa shape index (κ2) is 14.2. The Morgan fingerprint density at radius 1 is 1.20 bits per heavy atom. The Hall–Kier alpha value is -1.04. The molecule has 5 nitrogen and oxygen atoms in total.